The molecule has 1 N–H and O–H groups in total. The van der Waals surface area contributed by atoms with E-state index in [1.54, 1.807) is 30.5 Å². The Morgan fingerprint density at radius 3 is 2.23 bits per heavy atom. The molecule has 7 heteroatoms. The lowest BCUT2D eigenvalue weighted by molar-refractivity contribution is 0.602. The van der Waals surface area contributed by atoms with Gasteiger partial charge in [-0.15, -0.1) is 0 Å². The molecule has 30 heavy (non-hydrogen) atoms. The Balaban J connectivity index is 1.71. The average Bonchev–Trinajstić information content (AvgIpc) is 3.06. The van der Waals surface area contributed by atoms with Crippen LogP contribution >= 0.6 is 0 Å². The van der Waals surface area contributed by atoms with Crippen molar-refractivity contribution in [2.75, 3.05) is 30.6 Å². The molecular formula is C23H24N4O2S. The summed E-state index contributed by atoms with van der Waals surface area (Å²) in [6.07, 6.45) is 2.97. The van der Waals surface area contributed by atoms with Crippen LogP contribution < -0.4 is 10.2 Å². The van der Waals surface area contributed by atoms with Crippen molar-refractivity contribution < 1.29 is 8.42 Å². The molecule has 0 aliphatic heterocycles. The molecule has 0 amide bonds. The summed E-state index contributed by atoms with van der Waals surface area (Å²) in [5.41, 5.74) is 5.22. The minimum Gasteiger partial charge on any atom is -0.378 e. The molecule has 4 rings (SSSR count). The fourth-order valence-electron chi connectivity index (χ4n) is 3.49. The van der Waals surface area contributed by atoms with E-state index in [0.717, 1.165) is 39.4 Å². The van der Waals surface area contributed by atoms with Crippen LogP contribution in [0.2, 0.25) is 0 Å². The molecule has 0 aliphatic rings. The molecule has 0 saturated heterocycles. The highest BCUT2D eigenvalue weighted by atomic mass is 32.2. The van der Waals surface area contributed by atoms with E-state index in [1.165, 1.54) is 6.26 Å². The number of aryl methyl sites for hydroxylation is 1. The van der Waals surface area contributed by atoms with Gasteiger partial charge in [0.2, 0.25) is 0 Å². The van der Waals surface area contributed by atoms with Crippen molar-refractivity contribution in [3.8, 4) is 11.3 Å². The van der Waals surface area contributed by atoms with E-state index in [0.29, 0.717) is 4.90 Å². The highest BCUT2D eigenvalue weighted by Crippen LogP contribution is 2.32. The third kappa shape index (κ3) is 3.76. The van der Waals surface area contributed by atoms with Crippen molar-refractivity contribution in [3.05, 3.63) is 66.9 Å². The van der Waals surface area contributed by atoms with Gasteiger partial charge >= 0.3 is 0 Å². The standard InChI is InChI=1S/C23H24N4O2S/c1-26(2)18-9-5-16(6-10-18)22-15-20-21(27(22)3)13-14-24-23(20)25-17-7-11-19(12-8-17)30(4,28)29/h5-15H,1-4H3,(H,24,25). The van der Waals surface area contributed by atoms with E-state index in [9.17, 15) is 8.42 Å². The van der Waals surface area contributed by atoms with Crippen molar-refractivity contribution in [2.24, 2.45) is 7.05 Å². The fourth-order valence-corrected chi connectivity index (χ4v) is 4.12. The Hall–Kier alpha value is -3.32. The minimum absolute atomic E-state index is 0.294. The lowest BCUT2D eigenvalue weighted by Gasteiger charge is -2.13. The van der Waals surface area contributed by atoms with Crippen LogP contribution in [0.25, 0.3) is 22.2 Å². The first-order valence-corrected chi connectivity index (χ1v) is 11.4. The number of benzene rings is 2. The number of rotatable bonds is 5. The van der Waals surface area contributed by atoms with Gasteiger partial charge in [0.25, 0.3) is 0 Å². The molecule has 4 aromatic rings. The van der Waals surface area contributed by atoms with Crippen LogP contribution in [0.3, 0.4) is 0 Å². The van der Waals surface area contributed by atoms with E-state index in [4.69, 9.17) is 0 Å². The molecule has 0 aliphatic carbocycles. The fraction of sp³-hybridized carbons (Fsp3) is 0.174. The van der Waals surface area contributed by atoms with Gasteiger partial charge in [-0.3, -0.25) is 0 Å². The minimum atomic E-state index is -3.22. The van der Waals surface area contributed by atoms with Gasteiger partial charge in [0.1, 0.15) is 5.82 Å². The summed E-state index contributed by atoms with van der Waals surface area (Å²) in [6.45, 7) is 0. The number of hydrogen-bond donors (Lipinski definition) is 1. The Morgan fingerprint density at radius 2 is 1.63 bits per heavy atom. The summed E-state index contributed by atoms with van der Waals surface area (Å²) in [5, 5.41) is 4.31. The van der Waals surface area contributed by atoms with Gasteiger partial charge in [0, 0.05) is 56.1 Å². The second-order valence-electron chi connectivity index (χ2n) is 7.54. The van der Waals surface area contributed by atoms with Gasteiger partial charge in [0.05, 0.1) is 10.4 Å². The molecule has 0 atom stereocenters. The number of anilines is 3. The molecule has 2 heterocycles. The third-order valence-electron chi connectivity index (χ3n) is 5.20. The molecule has 154 valence electrons. The molecule has 0 bridgehead atoms. The number of pyridine rings is 1. The lowest BCUT2D eigenvalue weighted by Crippen LogP contribution is -2.08. The van der Waals surface area contributed by atoms with Crippen molar-refractivity contribution in [2.45, 2.75) is 4.90 Å². The van der Waals surface area contributed by atoms with E-state index in [1.807, 2.05) is 27.2 Å². The number of sulfone groups is 1. The second kappa shape index (κ2) is 7.50. The third-order valence-corrected chi connectivity index (χ3v) is 6.32. The van der Waals surface area contributed by atoms with Crippen LogP contribution in [-0.2, 0) is 16.9 Å². The SMILES string of the molecule is CN(C)c1ccc(-c2cc3c(Nc4ccc(S(C)(=O)=O)cc4)nccc3n2C)cc1. The number of fused-ring (bicyclic) bond motifs is 1. The highest BCUT2D eigenvalue weighted by Gasteiger charge is 2.13. The summed E-state index contributed by atoms with van der Waals surface area (Å²) < 4.78 is 25.5. The first-order chi connectivity index (χ1) is 14.2. The smallest absolute Gasteiger partial charge is 0.175 e. The summed E-state index contributed by atoms with van der Waals surface area (Å²) in [4.78, 5) is 6.88. The van der Waals surface area contributed by atoms with Crippen LogP contribution in [0.15, 0.2) is 71.8 Å². The quantitative estimate of drug-likeness (QED) is 0.517. The van der Waals surface area contributed by atoms with Crippen LogP contribution in [0.4, 0.5) is 17.2 Å². The molecule has 0 radical (unpaired) electrons. The molecule has 6 nitrogen and oxygen atoms in total. The number of nitrogens with one attached hydrogen (secondary N) is 1. The summed E-state index contributed by atoms with van der Waals surface area (Å²) in [7, 11) is 2.88. The van der Waals surface area contributed by atoms with E-state index < -0.39 is 9.84 Å². The molecule has 0 spiro atoms. The monoisotopic (exact) mass is 420 g/mol. The van der Waals surface area contributed by atoms with Gasteiger partial charge in [-0.2, -0.15) is 0 Å². The Kier molecular flexibility index (Phi) is 4.99. The lowest BCUT2D eigenvalue weighted by atomic mass is 10.1. The van der Waals surface area contributed by atoms with Gasteiger partial charge in [0.15, 0.2) is 9.84 Å². The normalized spacial score (nSPS) is 11.6. The van der Waals surface area contributed by atoms with Crippen LogP contribution in [0, 0.1) is 0 Å². The number of hydrogen-bond acceptors (Lipinski definition) is 5. The zero-order chi connectivity index (χ0) is 21.5. The maximum absolute atomic E-state index is 11.7. The van der Waals surface area contributed by atoms with Crippen molar-refractivity contribution >= 4 is 37.9 Å². The molecule has 0 fully saturated rings. The predicted molar refractivity (Wildman–Crippen MR) is 123 cm³/mol. The summed E-state index contributed by atoms with van der Waals surface area (Å²) >= 11 is 0. The van der Waals surface area contributed by atoms with Crippen LogP contribution in [0.5, 0.6) is 0 Å². The van der Waals surface area contributed by atoms with Gasteiger partial charge in [-0.25, -0.2) is 13.4 Å². The largest absolute Gasteiger partial charge is 0.378 e. The van der Waals surface area contributed by atoms with Crippen LogP contribution in [0.1, 0.15) is 0 Å². The van der Waals surface area contributed by atoms with Gasteiger partial charge < -0.3 is 14.8 Å². The highest BCUT2D eigenvalue weighted by molar-refractivity contribution is 7.90. The number of nitrogens with zero attached hydrogens (tertiary/aromatic N) is 3. The second-order valence-corrected chi connectivity index (χ2v) is 9.56. The summed E-state index contributed by atoms with van der Waals surface area (Å²) in [6, 6.07) is 19.3. The Labute approximate surface area is 176 Å². The molecule has 0 saturated carbocycles. The topological polar surface area (TPSA) is 67.2 Å². The first-order valence-electron chi connectivity index (χ1n) is 9.53. The van der Waals surface area contributed by atoms with E-state index in [-0.39, 0.29) is 0 Å². The zero-order valence-corrected chi connectivity index (χ0v) is 18.2. The maximum atomic E-state index is 11.7. The zero-order valence-electron chi connectivity index (χ0n) is 17.4. The Bertz CT molecular complexity index is 1310. The van der Waals surface area contributed by atoms with E-state index in [2.05, 4.69) is 50.1 Å². The average molecular weight is 421 g/mol. The molecular weight excluding hydrogens is 396 g/mol. The van der Waals surface area contributed by atoms with Crippen molar-refractivity contribution in [1.29, 1.82) is 0 Å². The van der Waals surface area contributed by atoms with Crippen molar-refractivity contribution in [3.63, 3.8) is 0 Å². The maximum Gasteiger partial charge on any atom is 0.175 e. The van der Waals surface area contributed by atoms with Crippen LogP contribution in [-0.4, -0.2) is 38.3 Å². The first kappa shape index (κ1) is 20.0. The van der Waals surface area contributed by atoms with E-state index >= 15 is 0 Å². The molecule has 2 aromatic heterocycles. The molecule has 2 aromatic carbocycles. The predicted octanol–water partition coefficient (Wildman–Crippen LogP) is 4.45. The Morgan fingerprint density at radius 1 is 0.967 bits per heavy atom. The number of aromatic nitrogens is 2. The van der Waals surface area contributed by atoms with Gasteiger partial charge in [-0.05, 0) is 54.1 Å². The summed E-state index contributed by atoms with van der Waals surface area (Å²) in [5.74, 6) is 0.728. The molecule has 0 unspecified atom stereocenters. The van der Waals surface area contributed by atoms with Crippen molar-refractivity contribution in [1.82, 2.24) is 9.55 Å². The van der Waals surface area contributed by atoms with Gasteiger partial charge in [-0.1, -0.05) is 12.1 Å².